The van der Waals surface area contributed by atoms with E-state index in [0.717, 1.165) is 5.56 Å². The van der Waals surface area contributed by atoms with Crippen LogP contribution in [0.2, 0.25) is 0 Å². The van der Waals surface area contributed by atoms with Crippen molar-refractivity contribution in [3.05, 3.63) is 23.8 Å². The summed E-state index contributed by atoms with van der Waals surface area (Å²) in [6, 6.07) is 5.03. The molecule has 0 saturated heterocycles. The van der Waals surface area contributed by atoms with E-state index in [9.17, 15) is 8.42 Å². The molecule has 1 N–H and O–H groups in total. The zero-order valence-electron chi connectivity index (χ0n) is 12.0. The Morgan fingerprint density at radius 3 is 2.65 bits per heavy atom. The van der Waals surface area contributed by atoms with Crippen LogP contribution < -0.4 is 10.1 Å². The maximum Gasteiger partial charge on any atom is 0.247 e. The van der Waals surface area contributed by atoms with Crippen LogP contribution in [-0.2, 0) is 16.6 Å². The Bertz CT molecular complexity index is 591. The number of methoxy groups -OCH3 is 1. The Labute approximate surface area is 121 Å². The molecule has 0 aromatic heterocycles. The van der Waals surface area contributed by atoms with Gasteiger partial charge >= 0.3 is 0 Å². The SMILES string of the molecule is C#CCN(CC)S(=O)(=O)c1ccc(CNC)cc1OC. The van der Waals surface area contributed by atoms with Crippen molar-refractivity contribution in [3.63, 3.8) is 0 Å². The number of nitrogens with zero attached hydrogens (tertiary/aromatic N) is 1. The fourth-order valence-corrected chi connectivity index (χ4v) is 3.35. The van der Waals surface area contributed by atoms with E-state index < -0.39 is 10.0 Å². The predicted molar refractivity (Wildman–Crippen MR) is 79.0 cm³/mol. The normalized spacial score (nSPS) is 11.3. The summed E-state index contributed by atoms with van der Waals surface area (Å²) in [4.78, 5) is 0.136. The van der Waals surface area contributed by atoms with Gasteiger partial charge in [-0.1, -0.05) is 18.9 Å². The zero-order chi connectivity index (χ0) is 15.2. The Balaban J connectivity index is 3.27. The minimum absolute atomic E-state index is 0.0419. The number of sulfonamides is 1. The molecule has 0 fully saturated rings. The van der Waals surface area contributed by atoms with Gasteiger partial charge < -0.3 is 10.1 Å². The number of benzene rings is 1. The zero-order valence-corrected chi connectivity index (χ0v) is 12.8. The summed E-state index contributed by atoms with van der Waals surface area (Å²) in [5.41, 5.74) is 0.947. The summed E-state index contributed by atoms with van der Waals surface area (Å²) < 4.78 is 31.5. The first-order valence-corrected chi connectivity index (χ1v) is 7.70. The number of hydrogen-bond acceptors (Lipinski definition) is 4. The van der Waals surface area contributed by atoms with Gasteiger partial charge in [0.1, 0.15) is 10.6 Å². The largest absolute Gasteiger partial charge is 0.495 e. The van der Waals surface area contributed by atoms with Crippen LogP contribution in [0.25, 0.3) is 0 Å². The Morgan fingerprint density at radius 2 is 2.15 bits per heavy atom. The molecule has 0 radical (unpaired) electrons. The van der Waals surface area contributed by atoms with Crippen molar-refractivity contribution in [2.45, 2.75) is 18.4 Å². The molecule has 110 valence electrons. The van der Waals surface area contributed by atoms with Crippen LogP contribution in [0.3, 0.4) is 0 Å². The van der Waals surface area contributed by atoms with Crippen LogP contribution >= 0.6 is 0 Å². The molecule has 0 atom stereocenters. The van der Waals surface area contributed by atoms with E-state index in [-0.39, 0.29) is 11.4 Å². The second-order valence-corrected chi connectivity index (χ2v) is 6.06. The lowest BCUT2D eigenvalue weighted by atomic mass is 10.2. The molecule has 5 nitrogen and oxygen atoms in total. The molecule has 0 saturated carbocycles. The lowest BCUT2D eigenvalue weighted by molar-refractivity contribution is 0.396. The number of terminal acetylenes is 1. The van der Waals surface area contributed by atoms with Crippen molar-refractivity contribution in [1.82, 2.24) is 9.62 Å². The Morgan fingerprint density at radius 1 is 1.45 bits per heavy atom. The Kier molecular flexibility index (Phi) is 6.02. The second-order valence-electron chi connectivity index (χ2n) is 4.15. The smallest absolute Gasteiger partial charge is 0.247 e. The highest BCUT2D eigenvalue weighted by atomic mass is 32.2. The first kappa shape index (κ1) is 16.5. The van der Waals surface area contributed by atoms with Crippen LogP contribution in [0.5, 0.6) is 5.75 Å². The van der Waals surface area contributed by atoms with E-state index in [4.69, 9.17) is 11.2 Å². The molecule has 1 rings (SSSR count). The van der Waals surface area contributed by atoms with Gasteiger partial charge in [0.2, 0.25) is 10.0 Å². The van der Waals surface area contributed by atoms with Gasteiger partial charge in [0.15, 0.2) is 0 Å². The number of nitrogens with one attached hydrogen (secondary N) is 1. The summed E-state index contributed by atoms with van der Waals surface area (Å²) in [6.45, 7) is 2.74. The molecule has 0 aliphatic heterocycles. The molecule has 1 aromatic carbocycles. The molecule has 0 spiro atoms. The molecule has 20 heavy (non-hydrogen) atoms. The van der Waals surface area contributed by atoms with Gasteiger partial charge in [-0.3, -0.25) is 0 Å². The van der Waals surface area contributed by atoms with Crippen LogP contribution in [-0.4, -0.2) is 40.0 Å². The number of hydrogen-bond donors (Lipinski definition) is 1. The highest BCUT2D eigenvalue weighted by molar-refractivity contribution is 7.89. The minimum Gasteiger partial charge on any atom is -0.495 e. The predicted octanol–water partition coefficient (Wildman–Crippen LogP) is 1.06. The van der Waals surface area contributed by atoms with Crippen LogP contribution in [0, 0.1) is 12.3 Å². The van der Waals surface area contributed by atoms with Crippen molar-refractivity contribution in [2.24, 2.45) is 0 Å². The fraction of sp³-hybridized carbons (Fsp3) is 0.429. The summed E-state index contributed by atoms with van der Waals surface area (Å²) in [6.07, 6.45) is 5.22. The topological polar surface area (TPSA) is 58.6 Å². The Hall–Kier alpha value is -1.55. The van der Waals surface area contributed by atoms with Crippen LogP contribution in [0.15, 0.2) is 23.1 Å². The molecule has 1 aromatic rings. The number of rotatable bonds is 7. The molecule has 0 bridgehead atoms. The quantitative estimate of drug-likeness (QED) is 0.764. The van der Waals surface area contributed by atoms with E-state index in [1.807, 2.05) is 7.05 Å². The van der Waals surface area contributed by atoms with Crippen molar-refractivity contribution in [1.29, 1.82) is 0 Å². The highest BCUT2D eigenvalue weighted by Gasteiger charge is 2.26. The summed E-state index contributed by atoms with van der Waals surface area (Å²) in [5.74, 6) is 2.69. The van der Waals surface area contributed by atoms with Crippen LogP contribution in [0.1, 0.15) is 12.5 Å². The number of ether oxygens (including phenoxy) is 1. The van der Waals surface area contributed by atoms with Crippen LogP contribution in [0.4, 0.5) is 0 Å². The van der Waals surface area contributed by atoms with Crippen molar-refractivity contribution >= 4 is 10.0 Å². The third-order valence-corrected chi connectivity index (χ3v) is 4.81. The molecule has 6 heteroatoms. The van der Waals surface area contributed by atoms with Crippen molar-refractivity contribution in [3.8, 4) is 18.1 Å². The average Bonchev–Trinajstić information content (AvgIpc) is 2.44. The molecule has 0 amide bonds. The van der Waals surface area contributed by atoms with E-state index in [1.54, 1.807) is 25.1 Å². The average molecular weight is 296 g/mol. The molecule has 0 aliphatic carbocycles. The fourth-order valence-electron chi connectivity index (χ4n) is 1.85. The van der Waals surface area contributed by atoms with E-state index >= 15 is 0 Å². The van der Waals surface area contributed by atoms with E-state index in [1.165, 1.54) is 11.4 Å². The maximum atomic E-state index is 12.5. The van der Waals surface area contributed by atoms with E-state index in [0.29, 0.717) is 18.8 Å². The van der Waals surface area contributed by atoms with Crippen molar-refractivity contribution < 1.29 is 13.2 Å². The van der Waals surface area contributed by atoms with Gasteiger partial charge in [-0.05, 0) is 24.7 Å². The monoisotopic (exact) mass is 296 g/mol. The van der Waals surface area contributed by atoms with Crippen molar-refractivity contribution in [2.75, 3.05) is 27.2 Å². The molecule has 0 aliphatic rings. The van der Waals surface area contributed by atoms with Gasteiger partial charge in [-0.15, -0.1) is 6.42 Å². The van der Waals surface area contributed by atoms with E-state index in [2.05, 4.69) is 11.2 Å². The first-order valence-electron chi connectivity index (χ1n) is 6.26. The standard InChI is InChI=1S/C14H20N2O3S/c1-5-9-16(6-2)20(17,18)14-8-7-12(11-15-3)10-13(14)19-4/h1,7-8,10,15H,6,9,11H2,2-4H3. The summed E-state index contributed by atoms with van der Waals surface area (Å²) >= 11 is 0. The van der Waals surface area contributed by atoms with Gasteiger partial charge in [-0.2, -0.15) is 4.31 Å². The lowest BCUT2D eigenvalue weighted by Gasteiger charge is -2.19. The third-order valence-electron chi connectivity index (χ3n) is 2.85. The highest BCUT2D eigenvalue weighted by Crippen LogP contribution is 2.27. The van der Waals surface area contributed by atoms with Gasteiger partial charge in [-0.25, -0.2) is 8.42 Å². The van der Waals surface area contributed by atoms with Gasteiger partial charge in [0.05, 0.1) is 13.7 Å². The summed E-state index contributed by atoms with van der Waals surface area (Å²) in [7, 11) is -0.367. The minimum atomic E-state index is -3.64. The summed E-state index contributed by atoms with van der Waals surface area (Å²) in [5, 5.41) is 3.01. The second kappa shape index (κ2) is 7.29. The van der Waals surface area contributed by atoms with Gasteiger partial charge in [0, 0.05) is 13.1 Å². The first-order chi connectivity index (χ1) is 9.51. The van der Waals surface area contributed by atoms with Gasteiger partial charge in [0.25, 0.3) is 0 Å². The maximum absolute atomic E-state index is 12.5. The molecular weight excluding hydrogens is 276 g/mol. The molecular formula is C14H20N2O3S. The molecule has 0 unspecified atom stereocenters. The third kappa shape index (κ3) is 3.51. The molecule has 0 heterocycles. The lowest BCUT2D eigenvalue weighted by Crippen LogP contribution is -2.31.